The lowest BCUT2D eigenvalue weighted by atomic mass is 10.0. The number of amides is 2. The highest BCUT2D eigenvalue weighted by Crippen LogP contribution is 2.33. The zero-order chi connectivity index (χ0) is 19.5. The molecule has 0 spiro atoms. The molecule has 2 heterocycles. The average molecular weight is 374 g/mol. The first-order valence-corrected chi connectivity index (χ1v) is 9.77. The Kier molecular flexibility index (Phi) is 5.26. The van der Waals surface area contributed by atoms with Crippen LogP contribution in [-0.4, -0.2) is 41.5 Å². The Morgan fingerprint density at radius 3 is 2.75 bits per heavy atom. The predicted octanol–water partition coefficient (Wildman–Crippen LogP) is 4.67. The lowest BCUT2D eigenvalue weighted by molar-refractivity contribution is 0.207. The van der Waals surface area contributed by atoms with E-state index in [0.717, 1.165) is 42.5 Å². The molecule has 5 heteroatoms. The lowest BCUT2D eigenvalue weighted by Crippen LogP contribution is -2.34. The number of carbonyl (C=O) groups is 1. The summed E-state index contributed by atoms with van der Waals surface area (Å²) < 4.78 is 0. The minimum Gasteiger partial charge on any atom is -0.317 e. The van der Waals surface area contributed by atoms with Crippen LogP contribution >= 0.6 is 0 Å². The topological polar surface area (TPSA) is 48.5 Å². The number of nitrogens with zero attached hydrogens (tertiary/aromatic N) is 3. The Balaban J connectivity index is 1.52. The molecule has 1 fully saturated rings. The molecule has 28 heavy (non-hydrogen) atoms. The molecule has 2 aromatic carbocycles. The van der Waals surface area contributed by atoms with E-state index in [2.05, 4.69) is 53.6 Å². The standard InChI is InChI=1S/C23H26N4O/c1-26(2)16-17-10-12-18(13-11-17)22-9-5-15-27(22)23(28)25-21-8-3-7-20-19(21)6-4-14-24-20/h3-4,6-8,10-14,22H,5,9,15-16H2,1-2H3,(H,25,28)/t22-/m0/s1. The molecule has 1 aromatic heterocycles. The molecule has 0 unspecified atom stereocenters. The van der Waals surface area contributed by atoms with Crippen molar-refractivity contribution in [1.82, 2.24) is 14.8 Å². The number of nitrogens with one attached hydrogen (secondary N) is 1. The van der Waals surface area contributed by atoms with E-state index in [-0.39, 0.29) is 12.1 Å². The van der Waals surface area contributed by atoms with E-state index in [1.807, 2.05) is 35.2 Å². The van der Waals surface area contributed by atoms with Gasteiger partial charge in [-0.05, 0) is 62.3 Å². The van der Waals surface area contributed by atoms with E-state index >= 15 is 0 Å². The Bertz CT molecular complexity index is 963. The molecular formula is C23H26N4O. The minimum atomic E-state index is -0.0452. The first-order chi connectivity index (χ1) is 13.6. The fraction of sp³-hybridized carbons (Fsp3) is 0.304. The molecule has 1 atom stereocenters. The van der Waals surface area contributed by atoms with Gasteiger partial charge in [0.25, 0.3) is 0 Å². The van der Waals surface area contributed by atoms with E-state index in [1.54, 1.807) is 6.20 Å². The third-order valence-corrected chi connectivity index (χ3v) is 5.26. The summed E-state index contributed by atoms with van der Waals surface area (Å²) in [6.07, 6.45) is 3.79. The second-order valence-electron chi connectivity index (χ2n) is 7.64. The Morgan fingerprint density at radius 1 is 1.14 bits per heavy atom. The van der Waals surface area contributed by atoms with Crippen molar-refractivity contribution in [2.24, 2.45) is 0 Å². The molecule has 144 valence electrons. The second kappa shape index (κ2) is 7.98. The zero-order valence-corrected chi connectivity index (χ0v) is 16.4. The molecular weight excluding hydrogens is 348 g/mol. The van der Waals surface area contributed by atoms with Gasteiger partial charge in [-0.15, -0.1) is 0 Å². The molecule has 1 aliphatic heterocycles. The number of urea groups is 1. The number of likely N-dealkylation sites (tertiary alicyclic amines) is 1. The van der Waals surface area contributed by atoms with E-state index < -0.39 is 0 Å². The molecule has 0 saturated carbocycles. The maximum Gasteiger partial charge on any atom is 0.322 e. The molecule has 0 bridgehead atoms. The van der Waals surface area contributed by atoms with Crippen LogP contribution in [0.4, 0.5) is 10.5 Å². The van der Waals surface area contributed by atoms with Gasteiger partial charge in [-0.2, -0.15) is 0 Å². The number of benzene rings is 2. The first-order valence-electron chi connectivity index (χ1n) is 9.77. The summed E-state index contributed by atoms with van der Waals surface area (Å²) in [6.45, 7) is 1.70. The van der Waals surface area contributed by atoms with Gasteiger partial charge in [0.05, 0.1) is 17.2 Å². The third-order valence-electron chi connectivity index (χ3n) is 5.26. The number of aromatic nitrogens is 1. The monoisotopic (exact) mass is 374 g/mol. The molecule has 0 aliphatic carbocycles. The van der Waals surface area contributed by atoms with Crippen LogP contribution < -0.4 is 5.32 Å². The molecule has 3 aromatic rings. The highest BCUT2D eigenvalue weighted by molar-refractivity contribution is 6.00. The highest BCUT2D eigenvalue weighted by atomic mass is 16.2. The van der Waals surface area contributed by atoms with Crippen molar-refractivity contribution < 1.29 is 4.79 Å². The molecule has 1 N–H and O–H groups in total. The van der Waals surface area contributed by atoms with E-state index in [1.165, 1.54) is 11.1 Å². The fourth-order valence-electron chi connectivity index (χ4n) is 3.97. The van der Waals surface area contributed by atoms with Crippen molar-refractivity contribution in [3.05, 3.63) is 71.9 Å². The Morgan fingerprint density at radius 2 is 1.96 bits per heavy atom. The van der Waals surface area contributed by atoms with Gasteiger partial charge in [0, 0.05) is 24.7 Å². The van der Waals surface area contributed by atoms with Gasteiger partial charge in [-0.3, -0.25) is 4.98 Å². The van der Waals surface area contributed by atoms with Crippen molar-refractivity contribution in [3.63, 3.8) is 0 Å². The van der Waals surface area contributed by atoms with Crippen LogP contribution in [0.1, 0.15) is 30.0 Å². The van der Waals surface area contributed by atoms with Gasteiger partial charge >= 0.3 is 6.03 Å². The van der Waals surface area contributed by atoms with Crippen molar-refractivity contribution in [3.8, 4) is 0 Å². The van der Waals surface area contributed by atoms with E-state index in [0.29, 0.717) is 0 Å². The molecule has 1 aliphatic rings. The molecule has 2 amide bonds. The number of hydrogen-bond donors (Lipinski definition) is 1. The van der Waals surface area contributed by atoms with Crippen molar-refractivity contribution in [1.29, 1.82) is 0 Å². The number of pyridine rings is 1. The summed E-state index contributed by atoms with van der Waals surface area (Å²) in [6, 6.07) is 18.4. The Labute approximate surface area is 166 Å². The largest absolute Gasteiger partial charge is 0.322 e. The van der Waals surface area contributed by atoms with Gasteiger partial charge in [-0.1, -0.05) is 30.3 Å². The predicted molar refractivity (Wildman–Crippen MR) is 113 cm³/mol. The van der Waals surface area contributed by atoms with E-state index in [4.69, 9.17) is 0 Å². The van der Waals surface area contributed by atoms with Gasteiger partial charge in [-0.25, -0.2) is 4.79 Å². The number of anilines is 1. The zero-order valence-electron chi connectivity index (χ0n) is 16.4. The number of carbonyl (C=O) groups excluding carboxylic acids is 1. The Hall–Kier alpha value is -2.92. The van der Waals surface area contributed by atoms with Gasteiger partial charge in [0.2, 0.25) is 0 Å². The number of hydrogen-bond acceptors (Lipinski definition) is 3. The SMILES string of the molecule is CN(C)Cc1ccc([C@@H]2CCCN2C(=O)Nc2cccc3ncccc23)cc1. The van der Waals surface area contributed by atoms with Gasteiger partial charge in [0.1, 0.15) is 0 Å². The van der Waals surface area contributed by atoms with Gasteiger partial charge in [0.15, 0.2) is 0 Å². The summed E-state index contributed by atoms with van der Waals surface area (Å²) >= 11 is 0. The highest BCUT2D eigenvalue weighted by Gasteiger charge is 2.30. The van der Waals surface area contributed by atoms with Crippen molar-refractivity contribution in [2.45, 2.75) is 25.4 Å². The lowest BCUT2D eigenvalue weighted by Gasteiger charge is -2.26. The van der Waals surface area contributed by atoms with Crippen LogP contribution in [0.2, 0.25) is 0 Å². The quantitative estimate of drug-likeness (QED) is 0.722. The molecule has 0 radical (unpaired) electrons. The van der Waals surface area contributed by atoms with Crippen LogP contribution in [0.25, 0.3) is 10.9 Å². The summed E-state index contributed by atoms with van der Waals surface area (Å²) in [7, 11) is 4.14. The normalized spacial score (nSPS) is 16.7. The van der Waals surface area contributed by atoms with Crippen molar-refractivity contribution >= 4 is 22.6 Å². The third kappa shape index (κ3) is 3.85. The van der Waals surface area contributed by atoms with Crippen molar-refractivity contribution in [2.75, 3.05) is 26.0 Å². The van der Waals surface area contributed by atoms with Crippen LogP contribution in [0.15, 0.2) is 60.8 Å². The van der Waals surface area contributed by atoms with Crippen LogP contribution in [0.5, 0.6) is 0 Å². The van der Waals surface area contributed by atoms with Crippen LogP contribution in [0, 0.1) is 0 Å². The summed E-state index contributed by atoms with van der Waals surface area (Å²) in [4.78, 5) is 21.5. The van der Waals surface area contributed by atoms with Gasteiger partial charge < -0.3 is 15.1 Å². The van der Waals surface area contributed by atoms with Crippen LogP contribution in [0.3, 0.4) is 0 Å². The number of fused-ring (bicyclic) bond motifs is 1. The van der Waals surface area contributed by atoms with Crippen LogP contribution in [-0.2, 0) is 6.54 Å². The maximum absolute atomic E-state index is 13.0. The average Bonchev–Trinajstić information content (AvgIpc) is 3.18. The summed E-state index contributed by atoms with van der Waals surface area (Å²) in [5, 5.41) is 4.06. The maximum atomic E-state index is 13.0. The summed E-state index contributed by atoms with van der Waals surface area (Å²) in [5.74, 6) is 0. The number of rotatable bonds is 4. The molecule has 1 saturated heterocycles. The smallest absolute Gasteiger partial charge is 0.317 e. The first kappa shape index (κ1) is 18.4. The summed E-state index contributed by atoms with van der Waals surface area (Å²) in [5.41, 5.74) is 4.18. The van der Waals surface area contributed by atoms with E-state index in [9.17, 15) is 4.79 Å². The fourth-order valence-corrected chi connectivity index (χ4v) is 3.97. The second-order valence-corrected chi connectivity index (χ2v) is 7.64. The molecule has 5 nitrogen and oxygen atoms in total. The molecule has 4 rings (SSSR count). The minimum absolute atomic E-state index is 0.0452.